The summed E-state index contributed by atoms with van der Waals surface area (Å²) in [6, 6.07) is 5.88. The molecule has 0 fully saturated rings. The number of ether oxygens (including phenoxy) is 2. The highest BCUT2D eigenvalue weighted by Gasteiger charge is 2.40. The van der Waals surface area contributed by atoms with Gasteiger partial charge in [-0.05, 0) is 23.8 Å². The zero-order valence-electron chi connectivity index (χ0n) is 10.2. The molecule has 0 unspecified atom stereocenters. The summed E-state index contributed by atoms with van der Waals surface area (Å²) in [5.74, 6) is -3.58. The smallest absolute Gasteiger partial charge is 0.306 e. The third-order valence-electron chi connectivity index (χ3n) is 2.32. The van der Waals surface area contributed by atoms with Crippen molar-refractivity contribution in [2.24, 2.45) is 0 Å². The van der Waals surface area contributed by atoms with Gasteiger partial charge in [0.2, 0.25) is 0 Å². The normalized spacial score (nSPS) is 12.7. The maximum absolute atomic E-state index is 13.6. The van der Waals surface area contributed by atoms with Crippen molar-refractivity contribution >= 4 is 5.97 Å². The molecule has 3 nitrogen and oxygen atoms in total. The lowest BCUT2D eigenvalue weighted by Gasteiger charge is -2.24. The summed E-state index contributed by atoms with van der Waals surface area (Å²) in [5.41, 5.74) is 0.177. The van der Waals surface area contributed by atoms with Crippen LogP contribution in [0.2, 0.25) is 0 Å². The van der Waals surface area contributed by atoms with Crippen LogP contribution in [0.15, 0.2) is 36.9 Å². The van der Waals surface area contributed by atoms with Crippen molar-refractivity contribution in [1.82, 2.24) is 0 Å². The molecule has 0 radical (unpaired) electrons. The molecular formula is C13H14F2O3. The van der Waals surface area contributed by atoms with E-state index in [1.165, 1.54) is 31.4 Å². The largest absolute Gasteiger partial charge is 0.497 e. The fraction of sp³-hybridized carbons (Fsp3) is 0.308. The number of halogens is 2. The minimum absolute atomic E-state index is 0.177. The van der Waals surface area contributed by atoms with E-state index >= 15 is 0 Å². The van der Waals surface area contributed by atoms with E-state index in [-0.39, 0.29) is 5.56 Å². The molecule has 0 spiro atoms. The number of hydrogen-bond donors (Lipinski definition) is 0. The van der Waals surface area contributed by atoms with Gasteiger partial charge in [-0.2, -0.15) is 8.78 Å². The average molecular weight is 256 g/mol. The number of rotatable bonds is 5. The van der Waals surface area contributed by atoms with Gasteiger partial charge >= 0.3 is 11.9 Å². The standard InChI is InChI=1S/C13H14F2O3/c1-4-13(14,15)12(18-9(2)16)10-5-7-11(17-3)8-6-10/h4-8,12H,1H2,2-3H3/t12-/m0/s1. The predicted octanol–water partition coefficient (Wildman–Crippen LogP) is 3.12. The Morgan fingerprint density at radius 2 is 1.94 bits per heavy atom. The molecule has 0 N–H and O–H groups in total. The summed E-state index contributed by atoms with van der Waals surface area (Å²) in [6.07, 6.45) is -1.22. The van der Waals surface area contributed by atoms with Crippen molar-refractivity contribution in [2.75, 3.05) is 7.11 Å². The van der Waals surface area contributed by atoms with Crippen molar-refractivity contribution in [1.29, 1.82) is 0 Å². The molecule has 0 aliphatic rings. The maximum atomic E-state index is 13.6. The Labute approximate surface area is 104 Å². The zero-order valence-corrected chi connectivity index (χ0v) is 10.2. The Kier molecular flexibility index (Phi) is 4.42. The molecule has 1 atom stereocenters. The zero-order chi connectivity index (χ0) is 13.8. The molecule has 0 amide bonds. The topological polar surface area (TPSA) is 35.5 Å². The van der Waals surface area contributed by atoms with Crippen LogP contribution in [0, 0.1) is 0 Å². The number of carbonyl (C=O) groups is 1. The first-order chi connectivity index (χ1) is 8.40. The van der Waals surface area contributed by atoms with Crippen molar-refractivity contribution in [2.45, 2.75) is 19.0 Å². The van der Waals surface area contributed by atoms with Crippen molar-refractivity contribution in [3.63, 3.8) is 0 Å². The monoisotopic (exact) mass is 256 g/mol. The van der Waals surface area contributed by atoms with E-state index in [1.807, 2.05) is 0 Å². The van der Waals surface area contributed by atoms with Crippen LogP contribution in [-0.2, 0) is 9.53 Å². The van der Waals surface area contributed by atoms with Crippen LogP contribution in [0.25, 0.3) is 0 Å². The first kappa shape index (κ1) is 14.2. The molecule has 0 bridgehead atoms. The fourth-order valence-corrected chi connectivity index (χ4v) is 1.42. The second-order valence-electron chi connectivity index (χ2n) is 3.64. The summed E-state index contributed by atoms with van der Waals surface area (Å²) in [6.45, 7) is 4.13. The summed E-state index contributed by atoms with van der Waals surface area (Å²) < 4.78 is 36.8. The van der Waals surface area contributed by atoms with E-state index in [0.29, 0.717) is 11.8 Å². The Hall–Kier alpha value is -1.91. The van der Waals surface area contributed by atoms with Crippen molar-refractivity contribution < 1.29 is 23.0 Å². The van der Waals surface area contributed by atoms with E-state index in [9.17, 15) is 13.6 Å². The fourth-order valence-electron chi connectivity index (χ4n) is 1.42. The second-order valence-corrected chi connectivity index (χ2v) is 3.64. The minimum atomic E-state index is -3.33. The van der Waals surface area contributed by atoms with Crippen molar-refractivity contribution in [3.05, 3.63) is 42.5 Å². The number of methoxy groups -OCH3 is 1. The summed E-state index contributed by atoms with van der Waals surface area (Å²) >= 11 is 0. The van der Waals surface area contributed by atoms with Crippen LogP contribution in [0.5, 0.6) is 5.75 Å². The van der Waals surface area contributed by atoms with Gasteiger partial charge < -0.3 is 9.47 Å². The summed E-state index contributed by atoms with van der Waals surface area (Å²) in [7, 11) is 1.47. The van der Waals surface area contributed by atoms with Gasteiger partial charge in [0.15, 0.2) is 6.10 Å². The van der Waals surface area contributed by atoms with Crippen LogP contribution in [-0.4, -0.2) is 19.0 Å². The third kappa shape index (κ3) is 3.29. The molecule has 0 heterocycles. The highest BCUT2D eigenvalue weighted by Crippen LogP contribution is 2.36. The van der Waals surface area contributed by atoms with Gasteiger partial charge in [0.1, 0.15) is 5.75 Å². The van der Waals surface area contributed by atoms with Crippen LogP contribution in [0.3, 0.4) is 0 Å². The molecule has 5 heteroatoms. The SMILES string of the molecule is C=CC(F)(F)[C@@H](OC(C)=O)c1ccc(OC)cc1. The number of carbonyl (C=O) groups excluding carboxylic acids is 1. The molecule has 1 rings (SSSR count). The van der Waals surface area contributed by atoms with Gasteiger partial charge in [0.25, 0.3) is 0 Å². The van der Waals surface area contributed by atoms with E-state index in [1.54, 1.807) is 0 Å². The Morgan fingerprint density at radius 3 is 2.33 bits per heavy atom. The van der Waals surface area contributed by atoms with Crippen LogP contribution in [0.1, 0.15) is 18.6 Å². The lowest BCUT2D eigenvalue weighted by molar-refractivity contribution is -0.164. The molecule has 0 aliphatic carbocycles. The van der Waals surface area contributed by atoms with Gasteiger partial charge in [-0.3, -0.25) is 4.79 Å². The molecule has 18 heavy (non-hydrogen) atoms. The number of benzene rings is 1. The first-order valence-corrected chi connectivity index (χ1v) is 5.23. The Morgan fingerprint density at radius 1 is 1.39 bits per heavy atom. The first-order valence-electron chi connectivity index (χ1n) is 5.23. The summed E-state index contributed by atoms with van der Waals surface area (Å²) in [5, 5.41) is 0. The molecule has 0 aliphatic heterocycles. The predicted molar refractivity (Wildman–Crippen MR) is 62.6 cm³/mol. The van der Waals surface area contributed by atoms with Crippen molar-refractivity contribution in [3.8, 4) is 5.75 Å². The Bertz CT molecular complexity index is 426. The van der Waals surface area contributed by atoms with Gasteiger partial charge in [-0.15, -0.1) is 0 Å². The molecule has 1 aromatic carbocycles. The van der Waals surface area contributed by atoms with Gasteiger partial charge in [0.05, 0.1) is 7.11 Å². The van der Waals surface area contributed by atoms with Gasteiger partial charge in [0, 0.05) is 6.92 Å². The molecule has 0 saturated heterocycles. The van der Waals surface area contributed by atoms with E-state index in [0.717, 1.165) is 6.92 Å². The highest BCUT2D eigenvalue weighted by atomic mass is 19.3. The summed E-state index contributed by atoms with van der Waals surface area (Å²) in [4.78, 5) is 10.9. The minimum Gasteiger partial charge on any atom is -0.497 e. The molecule has 0 aromatic heterocycles. The number of esters is 1. The molecule has 1 aromatic rings. The highest BCUT2D eigenvalue weighted by molar-refractivity contribution is 5.66. The maximum Gasteiger partial charge on any atom is 0.306 e. The third-order valence-corrected chi connectivity index (χ3v) is 2.32. The number of alkyl halides is 2. The molecular weight excluding hydrogens is 242 g/mol. The van der Waals surface area contributed by atoms with Crippen LogP contribution >= 0.6 is 0 Å². The number of hydrogen-bond acceptors (Lipinski definition) is 3. The van der Waals surface area contributed by atoms with E-state index in [4.69, 9.17) is 4.74 Å². The second kappa shape index (κ2) is 5.62. The lowest BCUT2D eigenvalue weighted by Crippen LogP contribution is -2.27. The molecule has 98 valence electrons. The van der Waals surface area contributed by atoms with Crippen LogP contribution < -0.4 is 4.74 Å². The quantitative estimate of drug-likeness (QED) is 0.599. The Balaban J connectivity index is 3.08. The van der Waals surface area contributed by atoms with E-state index in [2.05, 4.69) is 11.3 Å². The van der Waals surface area contributed by atoms with Crippen LogP contribution in [0.4, 0.5) is 8.78 Å². The lowest BCUT2D eigenvalue weighted by atomic mass is 10.0. The van der Waals surface area contributed by atoms with Gasteiger partial charge in [-0.25, -0.2) is 0 Å². The average Bonchev–Trinajstić information content (AvgIpc) is 2.36. The molecule has 0 saturated carbocycles. The van der Waals surface area contributed by atoms with Gasteiger partial charge in [-0.1, -0.05) is 18.7 Å². The van der Waals surface area contributed by atoms with E-state index < -0.39 is 18.0 Å².